The van der Waals surface area contributed by atoms with Crippen molar-refractivity contribution in [2.24, 2.45) is 5.92 Å². The lowest BCUT2D eigenvalue weighted by molar-refractivity contribution is -0.135. The molecule has 1 N–H and O–H groups in total. The molecule has 2 fully saturated rings. The van der Waals surface area contributed by atoms with E-state index >= 15 is 0 Å². The molecule has 1 aliphatic carbocycles. The molecule has 1 heterocycles. The summed E-state index contributed by atoms with van der Waals surface area (Å²) in [6.45, 7) is 5.60. The molecule has 0 spiro atoms. The molecule has 1 saturated carbocycles. The molecule has 120 valence electrons. The molecule has 21 heavy (non-hydrogen) atoms. The quantitative estimate of drug-likeness (QED) is 0.840. The van der Waals surface area contributed by atoms with Gasteiger partial charge in [0, 0.05) is 19.5 Å². The van der Waals surface area contributed by atoms with Gasteiger partial charge in [-0.25, -0.2) is 0 Å². The number of nitrogens with zero attached hydrogens (tertiary/aromatic N) is 1. The minimum atomic E-state index is -0.394. The van der Waals surface area contributed by atoms with E-state index in [0.717, 1.165) is 12.8 Å². The highest BCUT2D eigenvalue weighted by Crippen LogP contribution is 2.20. The lowest BCUT2D eigenvalue weighted by Gasteiger charge is -2.27. The van der Waals surface area contributed by atoms with Crippen molar-refractivity contribution in [3.05, 3.63) is 0 Å². The van der Waals surface area contributed by atoms with Gasteiger partial charge in [0.15, 0.2) is 0 Å². The maximum atomic E-state index is 12.5. The molecular formula is C16H28N2O3. The third-order valence-electron chi connectivity index (χ3n) is 4.44. The zero-order valence-electron chi connectivity index (χ0n) is 13.3. The van der Waals surface area contributed by atoms with Gasteiger partial charge in [0.1, 0.15) is 6.04 Å². The molecule has 0 radical (unpaired) electrons. The molecule has 1 unspecified atom stereocenters. The zero-order chi connectivity index (χ0) is 15.2. The second-order valence-electron chi connectivity index (χ2n) is 6.50. The smallest absolute Gasteiger partial charge is 0.245 e. The van der Waals surface area contributed by atoms with E-state index in [1.165, 1.54) is 19.3 Å². The molecule has 0 bridgehead atoms. The number of amides is 2. The fraction of sp³-hybridized carbons (Fsp3) is 0.875. The van der Waals surface area contributed by atoms with Gasteiger partial charge < -0.3 is 15.0 Å². The van der Waals surface area contributed by atoms with Crippen LogP contribution in [0.25, 0.3) is 0 Å². The fourth-order valence-corrected chi connectivity index (χ4v) is 3.09. The topological polar surface area (TPSA) is 58.6 Å². The molecule has 1 saturated heterocycles. The van der Waals surface area contributed by atoms with Crippen LogP contribution in [0.15, 0.2) is 0 Å². The van der Waals surface area contributed by atoms with Crippen LogP contribution in [0.4, 0.5) is 0 Å². The summed E-state index contributed by atoms with van der Waals surface area (Å²) in [7, 11) is 0. The van der Waals surface area contributed by atoms with E-state index in [0.29, 0.717) is 32.2 Å². The summed E-state index contributed by atoms with van der Waals surface area (Å²) in [5, 5.41) is 2.83. The molecule has 2 rings (SSSR count). The highest BCUT2D eigenvalue weighted by Gasteiger charge is 2.31. The van der Waals surface area contributed by atoms with Gasteiger partial charge in [0.2, 0.25) is 11.8 Å². The minimum absolute atomic E-state index is 0.0299. The van der Waals surface area contributed by atoms with E-state index in [1.807, 2.05) is 13.8 Å². The Kier molecular flexibility index (Phi) is 6.03. The van der Waals surface area contributed by atoms with Crippen LogP contribution >= 0.6 is 0 Å². The first-order valence-corrected chi connectivity index (χ1v) is 8.27. The average Bonchev–Trinajstić information content (AvgIpc) is 2.61. The maximum absolute atomic E-state index is 12.5. The number of hydrogen-bond donors (Lipinski definition) is 1. The van der Waals surface area contributed by atoms with Gasteiger partial charge in [0.05, 0.1) is 12.7 Å². The van der Waals surface area contributed by atoms with E-state index in [9.17, 15) is 9.59 Å². The van der Waals surface area contributed by atoms with Crippen LogP contribution in [0.2, 0.25) is 0 Å². The lowest BCUT2D eigenvalue weighted by Crippen LogP contribution is -2.48. The third kappa shape index (κ3) is 4.70. The van der Waals surface area contributed by atoms with Gasteiger partial charge in [-0.1, -0.05) is 33.1 Å². The summed E-state index contributed by atoms with van der Waals surface area (Å²) in [6.07, 6.45) is 6.85. The molecule has 2 amide bonds. The molecule has 5 heteroatoms. The van der Waals surface area contributed by atoms with Gasteiger partial charge in [-0.15, -0.1) is 0 Å². The Morgan fingerprint density at radius 1 is 1.24 bits per heavy atom. The number of ether oxygens (including phenoxy) is 1. The fourth-order valence-electron chi connectivity index (χ4n) is 3.09. The van der Waals surface area contributed by atoms with Crippen LogP contribution in [-0.4, -0.2) is 48.6 Å². The first-order chi connectivity index (χ1) is 10.1. The highest BCUT2D eigenvalue weighted by atomic mass is 16.5. The van der Waals surface area contributed by atoms with Gasteiger partial charge in [-0.05, 0) is 18.8 Å². The predicted octanol–water partition coefficient (Wildman–Crippen LogP) is 1.71. The van der Waals surface area contributed by atoms with Crippen molar-refractivity contribution in [3.8, 4) is 0 Å². The van der Waals surface area contributed by atoms with Crippen molar-refractivity contribution in [1.29, 1.82) is 0 Å². The summed E-state index contributed by atoms with van der Waals surface area (Å²) in [5.74, 6) is 0.113. The number of nitrogens with one attached hydrogen (secondary N) is 1. The Hall–Kier alpha value is -1.10. The van der Waals surface area contributed by atoms with Gasteiger partial charge in [-0.3, -0.25) is 9.59 Å². The van der Waals surface area contributed by atoms with Crippen molar-refractivity contribution in [2.75, 3.05) is 19.7 Å². The Bertz CT molecular complexity index is 365. The summed E-state index contributed by atoms with van der Waals surface area (Å²) >= 11 is 0. The third-order valence-corrected chi connectivity index (χ3v) is 4.44. The predicted molar refractivity (Wildman–Crippen MR) is 80.8 cm³/mol. The Balaban J connectivity index is 1.82. The number of carbonyl (C=O) groups excluding carboxylic acids is 2. The minimum Gasteiger partial charge on any atom is -0.376 e. The first-order valence-electron chi connectivity index (χ1n) is 8.27. The Labute approximate surface area is 127 Å². The van der Waals surface area contributed by atoms with Crippen molar-refractivity contribution < 1.29 is 14.3 Å². The van der Waals surface area contributed by atoms with Crippen molar-refractivity contribution >= 4 is 11.8 Å². The van der Waals surface area contributed by atoms with Crippen molar-refractivity contribution in [3.63, 3.8) is 0 Å². The van der Waals surface area contributed by atoms with Crippen molar-refractivity contribution in [2.45, 2.75) is 64.5 Å². The SMILES string of the molecule is CC(C)C1NC(=O)CCN(CCOC2CCCCC2)C1=O. The van der Waals surface area contributed by atoms with Crippen LogP contribution in [0.3, 0.4) is 0 Å². The first kappa shape index (κ1) is 16.3. The van der Waals surface area contributed by atoms with Crippen LogP contribution < -0.4 is 5.32 Å². The zero-order valence-corrected chi connectivity index (χ0v) is 13.3. The van der Waals surface area contributed by atoms with E-state index in [2.05, 4.69) is 5.32 Å². The summed E-state index contributed by atoms with van der Waals surface area (Å²) < 4.78 is 5.90. The molecule has 0 aromatic carbocycles. The normalized spacial score (nSPS) is 25.1. The van der Waals surface area contributed by atoms with E-state index in [1.54, 1.807) is 4.90 Å². The summed E-state index contributed by atoms with van der Waals surface area (Å²) in [4.78, 5) is 25.9. The Morgan fingerprint density at radius 2 is 1.95 bits per heavy atom. The monoisotopic (exact) mass is 296 g/mol. The number of hydrogen-bond acceptors (Lipinski definition) is 3. The van der Waals surface area contributed by atoms with Gasteiger partial charge in [0.25, 0.3) is 0 Å². The average molecular weight is 296 g/mol. The van der Waals surface area contributed by atoms with E-state index < -0.39 is 6.04 Å². The van der Waals surface area contributed by atoms with Crippen LogP contribution in [0.1, 0.15) is 52.4 Å². The van der Waals surface area contributed by atoms with E-state index in [-0.39, 0.29) is 17.7 Å². The maximum Gasteiger partial charge on any atom is 0.245 e. The van der Waals surface area contributed by atoms with Crippen molar-refractivity contribution in [1.82, 2.24) is 10.2 Å². The second kappa shape index (κ2) is 7.78. The Morgan fingerprint density at radius 3 is 2.62 bits per heavy atom. The molecule has 5 nitrogen and oxygen atoms in total. The molecule has 2 aliphatic rings. The summed E-state index contributed by atoms with van der Waals surface area (Å²) in [5.41, 5.74) is 0. The van der Waals surface area contributed by atoms with Crippen LogP contribution in [0.5, 0.6) is 0 Å². The largest absolute Gasteiger partial charge is 0.376 e. The van der Waals surface area contributed by atoms with Crippen LogP contribution in [-0.2, 0) is 14.3 Å². The number of rotatable bonds is 5. The van der Waals surface area contributed by atoms with Crippen LogP contribution in [0, 0.1) is 5.92 Å². The highest BCUT2D eigenvalue weighted by molar-refractivity contribution is 5.90. The summed E-state index contributed by atoms with van der Waals surface area (Å²) in [6, 6.07) is -0.394. The standard InChI is InChI=1S/C16H28N2O3/c1-12(2)15-16(20)18(9-8-14(19)17-15)10-11-21-13-6-4-3-5-7-13/h12-13,15H,3-11H2,1-2H3,(H,17,19). The van der Waals surface area contributed by atoms with Gasteiger partial charge in [-0.2, -0.15) is 0 Å². The molecule has 0 aromatic rings. The molecule has 1 aliphatic heterocycles. The van der Waals surface area contributed by atoms with Gasteiger partial charge >= 0.3 is 0 Å². The van der Waals surface area contributed by atoms with E-state index in [4.69, 9.17) is 4.74 Å². The number of carbonyl (C=O) groups is 2. The molecule has 1 atom stereocenters. The second-order valence-corrected chi connectivity index (χ2v) is 6.50. The lowest BCUT2D eigenvalue weighted by atomic mass is 9.98. The molecular weight excluding hydrogens is 268 g/mol. The molecule has 0 aromatic heterocycles.